The van der Waals surface area contributed by atoms with Crippen LogP contribution < -0.4 is 0 Å². The van der Waals surface area contributed by atoms with Crippen LogP contribution in [-0.2, 0) is 0 Å². The van der Waals surface area contributed by atoms with Gasteiger partial charge in [-0.2, -0.15) is 0 Å². The molecule has 50 heavy (non-hydrogen) atoms. The zero-order valence-electron chi connectivity index (χ0n) is 26.9. The Morgan fingerprint density at radius 1 is 0.380 bits per heavy atom. The Labute approximate surface area is 287 Å². The van der Waals surface area contributed by atoms with Crippen molar-refractivity contribution in [1.29, 1.82) is 0 Å². The lowest BCUT2D eigenvalue weighted by Gasteiger charge is -2.12. The van der Waals surface area contributed by atoms with E-state index in [1.54, 1.807) is 0 Å². The van der Waals surface area contributed by atoms with Crippen LogP contribution in [0.15, 0.2) is 174 Å². The van der Waals surface area contributed by atoms with Gasteiger partial charge in [0.1, 0.15) is 11.2 Å². The van der Waals surface area contributed by atoms with E-state index in [1.165, 1.54) is 5.56 Å². The zero-order chi connectivity index (χ0) is 33.0. The molecule has 0 bridgehead atoms. The molecule has 0 saturated heterocycles. The van der Waals surface area contributed by atoms with Crippen LogP contribution in [0.3, 0.4) is 0 Å². The molecule has 0 fully saturated rings. The number of hydrogen-bond acceptors (Lipinski definition) is 4. The lowest BCUT2D eigenvalue weighted by atomic mass is 10.0. The molecule has 0 saturated carbocycles. The van der Waals surface area contributed by atoms with Crippen LogP contribution in [0, 0.1) is 0 Å². The summed E-state index contributed by atoms with van der Waals surface area (Å²) in [4.78, 5) is 14.9. The van der Waals surface area contributed by atoms with Gasteiger partial charge in [-0.3, -0.25) is 0 Å². The molecule has 3 heterocycles. The summed E-state index contributed by atoms with van der Waals surface area (Å²) in [7, 11) is 0. The zero-order valence-corrected chi connectivity index (χ0v) is 26.9. The van der Waals surface area contributed by atoms with Crippen LogP contribution in [0.1, 0.15) is 0 Å². The molecule has 5 nitrogen and oxygen atoms in total. The van der Waals surface area contributed by atoms with Gasteiger partial charge in [-0.1, -0.05) is 127 Å². The Kier molecular flexibility index (Phi) is 6.42. The molecule has 0 N–H and O–H groups in total. The standard InChI is InChI=1S/C45H28N4O/c1-4-13-29(14-5-1)32-23-25-38-37(28-32)41-39(26-24-36-35-21-10-11-22-40(35)50-42(36)41)49(38)34-20-12-19-33(27-34)45-47-43(30-15-6-2-7-16-30)46-44(48-45)31-17-8-3-9-18-31/h1-28H. The highest BCUT2D eigenvalue weighted by atomic mass is 16.3. The van der Waals surface area contributed by atoms with E-state index in [9.17, 15) is 0 Å². The number of nitrogens with zero attached hydrogens (tertiary/aromatic N) is 4. The number of fused-ring (bicyclic) bond motifs is 7. The third kappa shape index (κ3) is 4.60. The van der Waals surface area contributed by atoms with Gasteiger partial charge in [0.25, 0.3) is 0 Å². The summed E-state index contributed by atoms with van der Waals surface area (Å²) in [5.74, 6) is 1.89. The van der Waals surface area contributed by atoms with Gasteiger partial charge in [0.15, 0.2) is 17.5 Å². The van der Waals surface area contributed by atoms with Crippen molar-refractivity contribution in [3.63, 3.8) is 0 Å². The molecule has 0 amide bonds. The highest BCUT2D eigenvalue weighted by Crippen LogP contribution is 2.42. The minimum Gasteiger partial charge on any atom is -0.455 e. The van der Waals surface area contributed by atoms with Crippen molar-refractivity contribution in [2.24, 2.45) is 0 Å². The highest BCUT2D eigenvalue weighted by molar-refractivity contribution is 6.24. The summed E-state index contributed by atoms with van der Waals surface area (Å²) in [6.07, 6.45) is 0. The topological polar surface area (TPSA) is 56.7 Å². The van der Waals surface area contributed by atoms with Crippen LogP contribution in [-0.4, -0.2) is 19.5 Å². The van der Waals surface area contributed by atoms with Crippen molar-refractivity contribution >= 4 is 43.7 Å². The van der Waals surface area contributed by atoms with E-state index >= 15 is 0 Å². The maximum atomic E-state index is 6.63. The molecule has 0 aliphatic rings. The second-order valence-corrected chi connectivity index (χ2v) is 12.5. The number of hydrogen-bond donors (Lipinski definition) is 0. The Balaban J connectivity index is 1.22. The van der Waals surface area contributed by atoms with Crippen LogP contribution >= 0.6 is 0 Å². The van der Waals surface area contributed by atoms with Gasteiger partial charge in [0, 0.05) is 38.5 Å². The Morgan fingerprint density at radius 2 is 0.960 bits per heavy atom. The number of furan rings is 1. The Morgan fingerprint density at radius 3 is 1.66 bits per heavy atom. The molecule has 0 aliphatic heterocycles. The second kappa shape index (κ2) is 11.4. The van der Waals surface area contributed by atoms with Crippen LogP contribution in [0.2, 0.25) is 0 Å². The van der Waals surface area contributed by atoms with Crippen LogP contribution in [0.25, 0.3) is 94.7 Å². The van der Waals surface area contributed by atoms with Gasteiger partial charge in [-0.15, -0.1) is 0 Å². The number of rotatable bonds is 5. The van der Waals surface area contributed by atoms with Crippen molar-refractivity contribution < 1.29 is 4.42 Å². The number of benzene rings is 7. The molecule has 0 unspecified atom stereocenters. The predicted molar refractivity (Wildman–Crippen MR) is 203 cm³/mol. The summed E-state index contributed by atoms with van der Waals surface area (Å²) in [6, 6.07) is 58.6. The maximum Gasteiger partial charge on any atom is 0.164 e. The van der Waals surface area contributed by atoms with Crippen molar-refractivity contribution in [3.8, 4) is 51.0 Å². The molecule has 0 radical (unpaired) electrons. The summed E-state index contributed by atoms with van der Waals surface area (Å²) in [6.45, 7) is 0. The fourth-order valence-electron chi connectivity index (χ4n) is 7.10. The molecular formula is C45H28N4O. The van der Waals surface area contributed by atoms with Gasteiger partial charge in [0.05, 0.1) is 16.4 Å². The smallest absolute Gasteiger partial charge is 0.164 e. The molecule has 3 aromatic heterocycles. The normalized spacial score (nSPS) is 11.6. The van der Waals surface area contributed by atoms with Crippen molar-refractivity contribution in [2.75, 3.05) is 0 Å². The Hall–Kier alpha value is -6.85. The van der Waals surface area contributed by atoms with Gasteiger partial charge >= 0.3 is 0 Å². The highest BCUT2D eigenvalue weighted by Gasteiger charge is 2.20. The summed E-state index contributed by atoms with van der Waals surface area (Å²) >= 11 is 0. The van der Waals surface area contributed by atoms with Gasteiger partial charge in [0.2, 0.25) is 0 Å². The van der Waals surface area contributed by atoms with E-state index in [1.807, 2.05) is 72.8 Å². The fourth-order valence-corrected chi connectivity index (χ4v) is 7.10. The quantitative estimate of drug-likeness (QED) is 0.188. The first-order chi connectivity index (χ1) is 24.8. The average Bonchev–Trinajstić information content (AvgIpc) is 3.74. The lowest BCUT2D eigenvalue weighted by Crippen LogP contribution is -2.01. The van der Waals surface area contributed by atoms with Gasteiger partial charge < -0.3 is 8.98 Å². The lowest BCUT2D eigenvalue weighted by molar-refractivity contribution is 0.673. The minimum atomic E-state index is 0.617. The summed E-state index contributed by atoms with van der Waals surface area (Å²) < 4.78 is 8.96. The van der Waals surface area contributed by atoms with Gasteiger partial charge in [-0.05, 0) is 53.6 Å². The van der Waals surface area contributed by atoms with E-state index in [0.29, 0.717) is 17.5 Å². The van der Waals surface area contributed by atoms with Crippen LogP contribution in [0.5, 0.6) is 0 Å². The first kappa shape index (κ1) is 28.2. The fraction of sp³-hybridized carbons (Fsp3) is 0. The summed E-state index contributed by atoms with van der Waals surface area (Å²) in [5.41, 5.74) is 10.1. The third-order valence-corrected chi connectivity index (χ3v) is 9.44. The molecule has 0 atom stereocenters. The van der Waals surface area contributed by atoms with E-state index < -0.39 is 0 Å². The molecule has 10 aromatic rings. The molecule has 0 spiro atoms. The molecule has 234 valence electrons. The number of aromatic nitrogens is 4. The van der Waals surface area contributed by atoms with E-state index in [4.69, 9.17) is 19.4 Å². The molecule has 7 aromatic carbocycles. The molecule has 10 rings (SSSR count). The minimum absolute atomic E-state index is 0.617. The van der Waals surface area contributed by atoms with E-state index in [0.717, 1.165) is 71.7 Å². The van der Waals surface area contributed by atoms with Gasteiger partial charge in [-0.25, -0.2) is 15.0 Å². The molecule has 5 heteroatoms. The number of para-hydroxylation sites is 1. The summed E-state index contributed by atoms with van der Waals surface area (Å²) in [5, 5.41) is 4.45. The molecule has 0 aliphatic carbocycles. The maximum absolute atomic E-state index is 6.63. The Bertz CT molecular complexity index is 2800. The first-order valence-corrected chi connectivity index (χ1v) is 16.7. The van der Waals surface area contributed by atoms with Crippen molar-refractivity contribution in [3.05, 3.63) is 170 Å². The first-order valence-electron chi connectivity index (χ1n) is 16.7. The third-order valence-electron chi connectivity index (χ3n) is 9.44. The van der Waals surface area contributed by atoms with Crippen LogP contribution in [0.4, 0.5) is 0 Å². The van der Waals surface area contributed by atoms with E-state index in [-0.39, 0.29) is 0 Å². The van der Waals surface area contributed by atoms with E-state index in [2.05, 4.69) is 102 Å². The van der Waals surface area contributed by atoms with Crippen molar-refractivity contribution in [1.82, 2.24) is 19.5 Å². The van der Waals surface area contributed by atoms with Crippen molar-refractivity contribution in [2.45, 2.75) is 0 Å². The largest absolute Gasteiger partial charge is 0.455 e. The predicted octanol–water partition coefficient (Wildman–Crippen LogP) is 11.5. The molecular weight excluding hydrogens is 613 g/mol. The monoisotopic (exact) mass is 640 g/mol. The average molecular weight is 641 g/mol. The second-order valence-electron chi connectivity index (χ2n) is 12.5. The SMILES string of the molecule is c1ccc(-c2ccc3c(c2)c2c4oc5ccccc5c4ccc2n3-c2cccc(-c3nc(-c4ccccc4)nc(-c4ccccc4)n3)c2)cc1.